The molecule has 1 fully saturated rings. The third-order valence-corrected chi connectivity index (χ3v) is 4.10. The largest absolute Gasteiger partial charge is 0.344 e. The highest BCUT2D eigenvalue weighted by Crippen LogP contribution is 2.10. The van der Waals surface area contributed by atoms with Gasteiger partial charge in [-0.25, -0.2) is 4.39 Å². The molecule has 1 unspecified atom stereocenters. The first-order valence-electron chi connectivity index (χ1n) is 8.00. The van der Waals surface area contributed by atoms with Crippen LogP contribution in [0.5, 0.6) is 0 Å². The van der Waals surface area contributed by atoms with E-state index in [0.29, 0.717) is 31.5 Å². The number of nitrogens with zero attached hydrogens (tertiary/aromatic N) is 2. The van der Waals surface area contributed by atoms with Crippen LogP contribution in [0.25, 0.3) is 0 Å². The van der Waals surface area contributed by atoms with Gasteiger partial charge in [0.1, 0.15) is 11.9 Å². The Bertz CT molecular complexity index is 557. The summed E-state index contributed by atoms with van der Waals surface area (Å²) in [4.78, 5) is 28.4. The van der Waals surface area contributed by atoms with Gasteiger partial charge in [-0.1, -0.05) is 19.1 Å². The van der Waals surface area contributed by atoms with Gasteiger partial charge in [-0.05, 0) is 24.7 Å². The molecular weight excluding hydrogens is 297 g/mol. The summed E-state index contributed by atoms with van der Waals surface area (Å²) in [6.07, 6.45) is 0.615. The van der Waals surface area contributed by atoms with E-state index in [1.165, 1.54) is 12.1 Å². The van der Waals surface area contributed by atoms with Crippen molar-refractivity contribution in [3.05, 3.63) is 35.6 Å². The highest BCUT2D eigenvalue weighted by atomic mass is 19.1. The summed E-state index contributed by atoms with van der Waals surface area (Å²) in [5.74, 6) is -0.604. The van der Waals surface area contributed by atoms with E-state index in [4.69, 9.17) is 0 Å². The molecule has 1 aromatic rings. The van der Waals surface area contributed by atoms with Crippen LogP contribution in [0.2, 0.25) is 0 Å². The minimum absolute atomic E-state index is 0.0934. The molecule has 0 bridgehead atoms. The number of likely N-dealkylation sites (N-methyl/N-ethyl adjacent to an activating group) is 1. The third kappa shape index (κ3) is 5.03. The number of nitrogens with one attached hydrogen (secondary N) is 1. The van der Waals surface area contributed by atoms with E-state index in [9.17, 15) is 14.0 Å². The van der Waals surface area contributed by atoms with Gasteiger partial charge < -0.3 is 15.1 Å². The quantitative estimate of drug-likeness (QED) is 0.881. The third-order valence-electron chi connectivity index (χ3n) is 4.10. The lowest BCUT2D eigenvalue weighted by Crippen LogP contribution is -2.54. The normalized spacial score (nSPS) is 16.9. The van der Waals surface area contributed by atoms with Gasteiger partial charge in [0.25, 0.3) is 0 Å². The lowest BCUT2D eigenvalue weighted by molar-refractivity contribution is -0.137. The van der Waals surface area contributed by atoms with Crippen molar-refractivity contribution in [1.82, 2.24) is 15.1 Å². The zero-order chi connectivity index (χ0) is 16.8. The number of rotatable bonds is 5. The topological polar surface area (TPSA) is 52.7 Å². The Morgan fingerprint density at radius 2 is 1.96 bits per heavy atom. The fourth-order valence-corrected chi connectivity index (χ4v) is 2.64. The predicted molar refractivity (Wildman–Crippen MR) is 86.4 cm³/mol. The molecule has 0 spiro atoms. The van der Waals surface area contributed by atoms with E-state index in [2.05, 4.69) is 10.2 Å². The molecule has 1 aliphatic heterocycles. The first kappa shape index (κ1) is 17.4. The van der Waals surface area contributed by atoms with Crippen LogP contribution in [0.4, 0.5) is 4.39 Å². The van der Waals surface area contributed by atoms with E-state index in [1.54, 1.807) is 24.0 Å². The molecule has 6 heteroatoms. The summed E-state index contributed by atoms with van der Waals surface area (Å²) in [6, 6.07) is 5.51. The Morgan fingerprint density at radius 1 is 1.26 bits per heavy atom. The molecule has 0 aromatic heterocycles. The average molecular weight is 321 g/mol. The van der Waals surface area contributed by atoms with E-state index in [-0.39, 0.29) is 17.6 Å². The molecule has 1 atom stereocenters. The minimum Gasteiger partial charge on any atom is -0.344 e. The van der Waals surface area contributed by atoms with Crippen molar-refractivity contribution in [1.29, 1.82) is 0 Å². The Hall–Kier alpha value is -1.95. The molecule has 126 valence electrons. The van der Waals surface area contributed by atoms with Gasteiger partial charge in [-0.3, -0.25) is 9.59 Å². The molecule has 23 heavy (non-hydrogen) atoms. The molecule has 1 aliphatic rings. The summed E-state index contributed by atoms with van der Waals surface area (Å²) in [5.41, 5.74) is 0.703. The number of carbonyl (C=O) groups is 2. The van der Waals surface area contributed by atoms with Crippen molar-refractivity contribution in [2.75, 3.05) is 33.2 Å². The second-order valence-corrected chi connectivity index (χ2v) is 5.94. The van der Waals surface area contributed by atoms with Gasteiger partial charge in [0, 0.05) is 39.0 Å². The van der Waals surface area contributed by atoms with Crippen molar-refractivity contribution in [2.45, 2.75) is 25.8 Å². The van der Waals surface area contributed by atoms with Crippen molar-refractivity contribution in [3.63, 3.8) is 0 Å². The first-order chi connectivity index (χ1) is 11.0. The molecular formula is C17H24FN3O2. The molecule has 1 aromatic carbocycles. The SMILES string of the molecule is CCC(=O)NC(Cc1cccc(F)c1)C(=O)N1CCN(C)CC1. The van der Waals surface area contributed by atoms with Crippen LogP contribution in [0.1, 0.15) is 18.9 Å². The van der Waals surface area contributed by atoms with Crippen LogP contribution in [0.3, 0.4) is 0 Å². The van der Waals surface area contributed by atoms with Crippen molar-refractivity contribution in [2.24, 2.45) is 0 Å². The first-order valence-corrected chi connectivity index (χ1v) is 8.00. The highest BCUT2D eigenvalue weighted by Gasteiger charge is 2.27. The van der Waals surface area contributed by atoms with Crippen LogP contribution in [0, 0.1) is 5.82 Å². The van der Waals surface area contributed by atoms with Crippen molar-refractivity contribution < 1.29 is 14.0 Å². The predicted octanol–water partition coefficient (Wildman–Crippen LogP) is 1.04. The lowest BCUT2D eigenvalue weighted by Gasteiger charge is -2.34. The molecule has 2 rings (SSSR count). The zero-order valence-corrected chi connectivity index (χ0v) is 13.7. The monoisotopic (exact) mass is 321 g/mol. The second kappa shape index (κ2) is 8.06. The number of amides is 2. The van der Waals surface area contributed by atoms with Crippen molar-refractivity contribution in [3.8, 4) is 0 Å². The number of hydrogen-bond donors (Lipinski definition) is 1. The van der Waals surface area contributed by atoms with E-state index < -0.39 is 6.04 Å². The standard InChI is InChI=1S/C17H24FN3O2/c1-3-16(22)19-15(12-13-5-4-6-14(18)11-13)17(23)21-9-7-20(2)8-10-21/h4-6,11,15H,3,7-10,12H2,1-2H3,(H,19,22). The molecule has 0 radical (unpaired) electrons. The van der Waals surface area contributed by atoms with Gasteiger partial charge in [0.05, 0.1) is 0 Å². The number of piperazine rings is 1. The Labute approximate surface area is 136 Å². The molecule has 1 N–H and O–H groups in total. The van der Waals surface area contributed by atoms with Crippen LogP contribution in [-0.4, -0.2) is 60.9 Å². The highest BCUT2D eigenvalue weighted by molar-refractivity contribution is 5.88. The fourth-order valence-electron chi connectivity index (χ4n) is 2.64. The molecule has 1 heterocycles. The Morgan fingerprint density at radius 3 is 2.57 bits per heavy atom. The molecule has 5 nitrogen and oxygen atoms in total. The van der Waals surface area contributed by atoms with Gasteiger partial charge in [-0.15, -0.1) is 0 Å². The minimum atomic E-state index is -0.646. The van der Waals surface area contributed by atoms with Crippen LogP contribution in [-0.2, 0) is 16.0 Å². The van der Waals surface area contributed by atoms with Gasteiger partial charge in [0.15, 0.2) is 0 Å². The van der Waals surface area contributed by atoms with Crippen LogP contribution >= 0.6 is 0 Å². The summed E-state index contributed by atoms with van der Waals surface area (Å²) in [6.45, 7) is 4.68. The molecule has 0 aliphatic carbocycles. The van der Waals surface area contributed by atoms with Gasteiger partial charge in [0.2, 0.25) is 11.8 Å². The molecule has 1 saturated heterocycles. The average Bonchev–Trinajstić information content (AvgIpc) is 2.54. The Kier molecular flexibility index (Phi) is 6.10. The summed E-state index contributed by atoms with van der Waals surface area (Å²) < 4.78 is 13.4. The summed E-state index contributed by atoms with van der Waals surface area (Å²) in [5, 5.41) is 2.78. The van der Waals surface area contributed by atoms with Gasteiger partial charge in [-0.2, -0.15) is 0 Å². The van der Waals surface area contributed by atoms with Gasteiger partial charge >= 0.3 is 0 Å². The van der Waals surface area contributed by atoms with E-state index in [1.807, 2.05) is 7.05 Å². The lowest BCUT2D eigenvalue weighted by atomic mass is 10.0. The van der Waals surface area contributed by atoms with E-state index in [0.717, 1.165) is 13.1 Å². The molecule has 0 saturated carbocycles. The smallest absolute Gasteiger partial charge is 0.245 e. The summed E-state index contributed by atoms with van der Waals surface area (Å²) >= 11 is 0. The van der Waals surface area contributed by atoms with Crippen LogP contribution < -0.4 is 5.32 Å². The maximum atomic E-state index is 13.4. The van der Waals surface area contributed by atoms with E-state index >= 15 is 0 Å². The fraction of sp³-hybridized carbons (Fsp3) is 0.529. The number of hydrogen-bond acceptors (Lipinski definition) is 3. The zero-order valence-electron chi connectivity index (χ0n) is 13.7. The number of benzene rings is 1. The second-order valence-electron chi connectivity index (χ2n) is 5.94. The molecule has 2 amide bonds. The number of carbonyl (C=O) groups excluding carboxylic acids is 2. The van der Waals surface area contributed by atoms with Crippen LogP contribution in [0.15, 0.2) is 24.3 Å². The van der Waals surface area contributed by atoms with Crippen molar-refractivity contribution >= 4 is 11.8 Å². The number of halogens is 1. The maximum Gasteiger partial charge on any atom is 0.245 e. The maximum absolute atomic E-state index is 13.4. The summed E-state index contributed by atoms with van der Waals surface area (Å²) in [7, 11) is 2.02. The Balaban J connectivity index is 2.09.